The molecule has 0 aliphatic rings. The summed E-state index contributed by atoms with van der Waals surface area (Å²) < 4.78 is 42.0. The van der Waals surface area contributed by atoms with E-state index in [1.807, 2.05) is 19.1 Å². The average molecular weight is 515 g/mol. The predicted octanol–water partition coefficient (Wildman–Crippen LogP) is 6.05. The van der Waals surface area contributed by atoms with Gasteiger partial charge in [0, 0.05) is 59.2 Å². The summed E-state index contributed by atoms with van der Waals surface area (Å²) in [5.41, 5.74) is 2.43. The Morgan fingerprint density at radius 1 is 0.974 bits per heavy atom. The van der Waals surface area contributed by atoms with E-state index in [1.165, 1.54) is 29.4 Å². The molecular formula is C27H20F3N7O. The molecule has 3 aromatic heterocycles. The molecule has 5 rings (SSSR count). The van der Waals surface area contributed by atoms with Crippen molar-refractivity contribution in [3.05, 3.63) is 109 Å². The summed E-state index contributed by atoms with van der Waals surface area (Å²) in [7, 11) is 0. The fourth-order valence-corrected chi connectivity index (χ4v) is 3.72. The Morgan fingerprint density at radius 3 is 2.58 bits per heavy atom. The lowest BCUT2D eigenvalue weighted by molar-refractivity contribution is -0.137. The third-order valence-electron chi connectivity index (χ3n) is 5.66. The summed E-state index contributed by atoms with van der Waals surface area (Å²) >= 11 is 0. The molecule has 0 atom stereocenters. The first-order valence-electron chi connectivity index (χ1n) is 11.4. The first-order chi connectivity index (χ1) is 18.3. The molecule has 5 aromatic rings. The Labute approximate surface area is 215 Å². The molecule has 0 saturated heterocycles. The highest BCUT2D eigenvalue weighted by atomic mass is 19.4. The van der Waals surface area contributed by atoms with Crippen LogP contribution in [-0.4, -0.2) is 30.4 Å². The zero-order valence-electron chi connectivity index (χ0n) is 19.9. The van der Waals surface area contributed by atoms with Crippen molar-refractivity contribution in [1.29, 1.82) is 0 Å². The number of alkyl halides is 3. The summed E-state index contributed by atoms with van der Waals surface area (Å²) in [6.45, 7) is 1.86. The summed E-state index contributed by atoms with van der Waals surface area (Å²) in [6, 6.07) is 13.7. The van der Waals surface area contributed by atoms with E-state index in [1.54, 1.807) is 42.9 Å². The number of halogens is 3. The van der Waals surface area contributed by atoms with Crippen molar-refractivity contribution in [2.75, 3.05) is 10.6 Å². The number of rotatable bonds is 6. The van der Waals surface area contributed by atoms with Crippen LogP contribution in [0.25, 0.3) is 16.9 Å². The van der Waals surface area contributed by atoms with Gasteiger partial charge in [-0.3, -0.25) is 9.78 Å². The Kier molecular flexibility index (Phi) is 6.56. The molecule has 0 fully saturated rings. The lowest BCUT2D eigenvalue weighted by atomic mass is 10.1. The summed E-state index contributed by atoms with van der Waals surface area (Å²) in [5.74, 6) is -0.358. The van der Waals surface area contributed by atoms with Crippen LogP contribution in [0.4, 0.5) is 30.5 Å². The minimum absolute atomic E-state index is 0.147. The van der Waals surface area contributed by atoms with Crippen LogP contribution in [-0.2, 0) is 6.18 Å². The quantitative estimate of drug-likeness (QED) is 0.286. The van der Waals surface area contributed by atoms with Gasteiger partial charge in [-0.25, -0.2) is 15.0 Å². The van der Waals surface area contributed by atoms with E-state index < -0.39 is 17.6 Å². The second-order valence-corrected chi connectivity index (χ2v) is 8.35. The molecule has 0 saturated carbocycles. The number of pyridine rings is 1. The number of imidazole rings is 1. The van der Waals surface area contributed by atoms with E-state index in [4.69, 9.17) is 0 Å². The van der Waals surface area contributed by atoms with Gasteiger partial charge < -0.3 is 15.2 Å². The van der Waals surface area contributed by atoms with Gasteiger partial charge >= 0.3 is 6.18 Å². The lowest BCUT2D eigenvalue weighted by Gasteiger charge is -2.14. The van der Waals surface area contributed by atoms with Gasteiger partial charge in [0.05, 0.1) is 17.6 Å². The molecule has 0 aliphatic heterocycles. The SMILES string of the molecule is Cc1ccc(NC(=O)c2cc(-n3ccnc3)cc(C(F)(F)F)c2)cc1Nc1nccc(-c2cccnc2)n1. The molecule has 0 bridgehead atoms. The third-order valence-corrected chi connectivity index (χ3v) is 5.66. The molecule has 0 unspecified atom stereocenters. The number of aromatic nitrogens is 5. The number of anilines is 3. The second-order valence-electron chi connectivity index (χ2n) is 8.35. The number of carbonyl (C=O) groups excluding carboxylic acids is 1. The van der Waals surface area contributed by atoms with Crippen molar-refractivity contribution in [3.8, 4) is 16.9 Å². The van der Waals surface area contributed by atoms with Crippen molar-refractivity contribution in [3.63, 3.8) is 0 Å². The van der Waals surface area contributed by atoms with Crippen LogP contribution in [0.3, 0.4) is 0 Å². The van der Waals surface area contributed by atoms with E-state index in [0.29, 0.717) is 23.0 Å². The molecular weight excluding hydrogens is 495 g/mol. The van der Waals surface area contributed by atoms with E-state index in [0.717, 1.165) is 23.3 Å². The monoisotopic (exact) mass is 515 g/mol. The van der Waals surface area contributed by atoms with E-state index in [9.17, 15) is 18.0 Å². The molecule has 0 aliphatic carbocycles. The number of hydrogen-bond donors (Lipinski definition) is 2. The van der Waals surface area contributed by atoms with Crippen LogP contribution < -0.4 is 10.6 Å². The number of nitrogens with zero attached hydrogens (tertiary/aromatic N) is 5. The van der Waals surface area contributed by atoms with Gasteiger partial charge in [0.1, 0.15) is 0 Å². The Hall–Kier alpha value is -5.06. The smallest absolute Gasteiger partial charge is 0.324 e. The van der Waals surface area contributed by atoms with Gasteiger partial charge in [0.25, 0.3) is 5.91 Å². The third kappa shape index (κ3) is 5.51. The number of nitrogens with one attached hydrogen (secondary N) is 2. The maximum atomic E-state index is 13.5. The first-order valence-corrected chi connectivity index (χ1v) is 11.4. The van der Waals surface area contributed by atoms with Crippen LogP contribution in [0, 0.1) is 6.92 Å². The van der Waals surface area contributed by atoms with Crippen LogP contribution in [0.1, 0.15) is 21.5 Å². The molecule has 2 aromatic carbocycles. The van der Waals surface area contributed by atoms with Crippen molar-refractivity contribution in [2.45, 2.75) is 13.1 Å². The second kappa shape index (κ2) is 10.1. The fraction of sp³-hybridized carbons (Fsp3) is 0.0741. The highest BCUT2D eigenvalue weighted by Gasteiger charge is 2.32. The largest absolute Gasteiger partial charge is 0.416 e. The van der Waals surface area contributed by atoms with Crippen LogP contribution >= 0.6 is 0 Å². The lowest BCUT2D eigenvalue weighted by Crippen LogP contribution is -2.15. The minimum atomic E-state index is -4.63. The molecule has 11 heteroatoms. The van der Waals surface area contributed by atoms with Gasteiger partial charge in [0.2, 0.25) is 5.95 Å². The maximum absolute atomic E-state index is 13.5. The maximum Gasteiger partial charge on any atom is 0.416 e. The summed E-state index contributed by atoms with van der Waals surface area (Å²) in [6.07, 6.45) is 4.66. The summed E-state index contributed by atoms with van der Waals surface area (Å²) in [5, 5.41) is 5.82. The van der Waals surface area contributed by atoms with Crippen molar-refractivity contribution < 1.29 is 18.0 Å². The summed E-state index contributed by atoms with van der Waals surface area (Å²) in [4.78, 5) is 29.8. The van der Waals surface area contributed by atoms with Crippen molar-refractivity contribution >= 4 is 23.2 Å². The standard InChI is InChI=1S/C27H20F3N7O/c1-17-4-5-21(14-24(17)36-26-33-8-6-23(35-26)18-3-2-7-31-15-18)34-25(38)19-11-20(27(28,29)30)13-22(12-19)37-10-9-32-16-37/h2-16H,1H3,(H,34,38)(H,33,35,36). The molecule has 3 heterocycles. The highest BCUT2D eigenvalue weighted by Crippen LogP contribution is 2.32. The number of aryl methyl sites for hydroxylation is 1. The number of benzene rings is 2. The predicted molar refractivity (Wildman–Crippen MR) is 136 cm³/mol. The molecule has 2 N–H and O–H groups in total. The van der Waals surface area contributed by atoms with E-state index >= 15 is 0 Å². The highest BCUT2D eigenvalue weighted by molar-refractivity contribution is 6.05. The number of amides is 1. The molecule has 190 valence electrons. The molecule has 38 heavy (non-hydrogen) atoms. The Balaban J connectivity index is 1.40. The van der Waals surface area contributed by atoms with Gasteiger partial charge in [-0.15, -0.1) is 0 Å². The molecule has 1 amide bonds. The Morgan fingerprint density at radius 2 is 1.84 bits per heavy atom. The van der Waals surface area contributed by atoms with Crippen LogP contribution in [0.2, 0.25) is 0 Å². The van der Waals surface area contributed by atoms with E-state index in [2.05, 4.69) is 30.6 Å². The first kappa shape index (κ1) is 24.6. The van der Waals surface area contributed by atoms with Crippen molar-refractivity contribution in [2.24, 2.45) is 0 Å². The zero-order chi connectivity index (χ0) is 26.7. The average Bonchev–Trinajstić information content (AvgIpc) is 3.46. The van der Waals surface area contributed by atoms with Crippen LogP contribution in [0.15, 0.2) is 91.9 Å². The molecule has 8 nitrogen and oxygen atoms in total. The van der Waals surface area contributed by atoms with Gasteiger partial charge in [-0.2, -0.15) is 13.2 Å². The van der Waals surface area contributed by atoms with Gasteiger partial charge in [0.15, 0.2) is 0 Å². The zero-order valence-corrected chi connectivity index (χ0v) is 19.9. The van der Waals surface area contributed by atoms with Crippen LogP contribution in [0.5, 0.6) is 0 Å². The molecule has 0 spiro atoms. The topological polar surface area (TPSA) is 97.6 Å². The fourth-order valence-electron chi connectivity index (χ4n) is 3.72. The van der Waals surface area contributed by atoms with Gasteiger partial charge in [-0.05, 0) is 61.0 Å². The van der Waals surface area contributed by atoms with E-state index in [-0.39, 0.29) is 11.3 Å². The number of carbonyl (C=O) groups is 1. The molecule has 0 radical (unpaired) electrons. The minimum Gasteiger partial charge on any atom is -0.324 e. The Bertz CT molecular complexity index is 1590. The number of hydrogen-bond acceptors (Lipinski definition) is 6. The normalized spacial score (nSPS) is 11.3. The van der Waals surface area contributed by atoms with Gasteiger partial charge in [-0.1, -0.05) is 6.07 Å². The van der Waals surface area contributed by atoms with Crippen molar-refractivity contribution in [1.82, 2.24) is 24.5 Å².